The molecule has 0 aliphatic rings. The number of aliphatic imine (C=N–C) groups is 1. The third-order valence-corrected chi connectivity index (χ3v) is 3.79. The van der Waals surface area contributed by atoms with E-state index in [1.165, 1.54) is 17.0 Å². The summed E-state index contributed by atoms with van der Waals surface area (Å²) in [4.78, 5) is 19.7. The molecule has 140 valence electrons. The first-order valence-corrected chi connectivity index (χ1v) is 8.42. The van der Waals surface area contributed by atoms with Gasteiger partial charge in [-0.05, 0) is 29.8 Å². The zero-order valence-corrected chi connectivity index (χ0v) is 15.4. The normalized spacial score (nSPS) is 11.3. The van der Waals surface area contributed by atoms with Crippen LogP contribution in [0, 0.1) is 5.82 Å². The van der Waals surface area contributed by atoms with Gasteiger partial charge in [0.15, 0.2) is 5.96 Å². The van der Waals surface area contributed by atoms with E-state index in [9.17, 15) is 9.18 Å². The molecule has 0 fully saturated rings. The Morgan fingerprint density at radius 3 is 2.54 bits per heavy atom. The summed E-state index contributed by atoms with van der Waals surface area (Å²) in [7, 11) is 5.27. The van der Waals surface area contributed by atoms with Crippen LogP contribution in [0.15, 0.2) is 52.1 Å². The second kappa shape index (κ2) is 9.60. The maximum absolute atomic E-state index is 13.1. The summed E-state index contributed by atoms with van der Waals surface area (Å²) in [5, 5.41) is 3.25. The topological polar surface area (TPSA) is 61.1 Å². The van der Waals surface area contributed by atoms with Gasteiger partial charge in [0.1, 0.15) is 18.1 Å². The van der Waals surface area contributed by atoms with Crippen molar-refractivity contribution in [2.24, 2.45) is 4.99 Å². The van der Waals surface area contributed by atoms with E-state index in [4.69, 9.17) is 4.42 Å². The quantitative estimate of drug-likeness (QED) is 0.607. The maximum atomic E-state index is 13.1. The first-order valence-electron chi connectivity index (χ1n) is 8.42. The van der Waals surface area contributed by atoms with Crippen molar-refractivity contribution in [2.45, 2.75) is 13.0 Å². The Labute approximate surface area is 153 Å². The van der Waals surface area contributed by atoms with Crippen LogP contribution in [0.3, 0.4) is 0 Å². The smallest absolute Gasteiger partial charge is 0.243 e. The van der Waals surface area contributed by atoms with Crippen molar-refractivity contribution in [2.75, 3.05) is 34.2 Å². The van der Waals surface area contributed by atoms with Gasteiger partial charge in [-0.25, -0.2) is 9.38 Å². The molecule has 0 atom stereocenters. The van der Waals surface area contributed by atoms with Crippen LogP contribution >= 0.6 is 0 Å². The van der Waals surface area contributed by atoms with E-state index in [-0.39, 0.29) is 18.3 Å². The first-order chi connectivity index (χ1) is 12.5. The van der Waals surface area contributed by atoms with Gasteiger partial charge in [0.2, 0.25) is 5.91 Å². The van der Waals surface area contributed by atoms with E-state index in [0.717, 1.165) is 11.3 Å². The van der Waals surface area contributed by atoms with Crippen LogP contribution in [0.1, 0.15) is 11.3 Å². The summed E-state index contributed by atoms with van der Waals surface area (Å²) >= 11 is 0. The molecule has 7 heteroatoms. The number of carbonyl (C=O) groups is 1. The molecule has 1 aromatic carbocycles. The fourth-order valence-corrected chi connectivity index (χ4v) is 2.29. The van der Waals surface area contributed by atoms with Gasteiger partial charge in [0.05, 0.1) is 6.26 Å². The second-order valence-corrected chi connectivity index (χ2v) is 6.17. The number of halogens is 1. The lowest BCUT2D eigenvalue weighted by atomic mass is 10.2. The standard InChI is InChI=1S/C19H25FN4O2/c1-23(2)18(25)13-22-19(21-11-10-17-5-4-12-26-17)24(3)14-15-6-8-16(20)9-7-15/h4-9,12H,10-11,13-14H2,1-3H3,(H,21,22). The Bertz CT molecular complexity index is 712. The predicted molar refractivity (Wildman–Crippen MR) is 99.3 cm³/mol. The molecule has 26 heavy (non-hydrogen) atoms. The molecule has 0 saturated heterocycles. The summed E-state index contributed by atoms with van der Waals surface area (Å²) in [5.74, 6) is 1.14. The van der Waals surface area contributed by atoms with E-state index < -0.39 is 0 Å². The maximum Gasteiger partial charge on any atom is 0.243 e. The van der Waals surface area contributed by atoms with Gasteiger partial charge in [-0.1, -0.05) is 12.1 Å². The monoisotopic (exact) mass is 360 g/mol. The number of nitrogens with zero attached hydrogens (tertiary/aromatic N) is 3. The minimum atomic E-state index is -0.265. The van der Waals surface area contributed by atoms with Crippen molar-refractivity contribution in [3.8, 4) is 0 Å². The molecular formula is C19H25FN4O2. The molecule has 0 aliphatic heterocycles. The van der Waals surface area contributed by atoms with Gasteiger partial charge >= 0.3 is 0 Å². The molecule has 0 saturated carbocycles. The molecule has 1 N–H and O–H groups in total. The van der Waals surface area contributed by atoms with Gasteiger partial charge in [-0.3, -0.25) is 4.79 Å². The van der Waals surface area contributed by atoms with Gasteiger partial charge in [-0.15, -0.1) is 0 Å². The van der Waals surface area contributed by atoms with Gasteiger partial charge < -0.3 is 19.5 Å². The van der Waals surface area contributed by atoms with Crippen molar-refractivity contribution >= 4 is 11.9 Å². The number of amides is 1. The van der Waals surface area contributed by atoms with Crippen molar-refractivity contribution in [3.63, 3.8) is 0 Å². The predicted octanol–water partition coefficient (Wildman–Crippen LogP) is 2.13. The van der Waals surface area contributed by atoms with E-state index in [0.29, 0.717) is 25.5 Å². The number of rotatable bonds is 7. The van der Waals surface area contributed by atoms with Crippen molar-refractivity contribution in [3.05, 3.63) is 59.8 Å². The second-order valence-electron chi connectivity index (χ2n) is 6.17. The highest BCUT2D eigenvalue weighted by molar-refractivity contribution is 5.84. The fourth-order valence-electron chi connectivity index (χ4n) is 2.29. The molecule has 6 nitrogen and oxygen atoms in total. The van der Waals surface area contributed by atoms with E-state index in [2.05, 4.69) is 10.3 Å². The molecule has 0 bridgehead atoms. The summed E-state index contributed by atoms with van der Waals surface area (Å²) in [5.41, 5.74) is 0.952. The highest BCUT2D eigenvalue weighted by atomic mass is 19.1. The number of furan rings is 1. The summed E-state index contributed by atoms with van der Waals surface area (Å²) in [6, 6.07) is 10.1. The van der Waals surface area contributed by atoms with Crippen LogP contribution < -0.4 is 5.32 Å². The first kappa shape index (κ1) is 19.5. The Morgan fingerprint density at radius 2 is 1.92 bits per heavy atom. The number of hydrogen-bond acceptors (Lipinski definition) is 3. The van der Waals surface area contributed by atoms with Crippen LogP contribution in [-0.2, 0) is 17.8 Å². The Balaban J connectivity index is 2.00. The molecule has 0 aliphatic carbocycles. The summed E-state index contributed by atoms with van der Waals surface area (Å²) in [6.07, 6.45) is 2.35. The Morgan fingerprint density at radius 1 is 1.19 bits per heavy atom. The molecule has 0 radical (unpaired) electrons. The number of nitrogens with one attached hydrogen (secondary N) is 1. The highest BCUT2D eigenvalue weighted by Gasteiger charge is 2.10. The number of likely N-dealkylation sites (N-methyl/N-ethyl adjacent to an activating group) is 1. The molecular weight excluding hydrogens is 335 g/mol. The van der Waals surface area contributed by atoms with Crippen LogP contribution in [0.4, 0.5) is 4.39 Å². The SMILES string of the molecule is CN(C)C(=O)CN=C(NCCc1ccco1)N(C)Cc1ccc(F)cc1. The van der Waals surface area contributed by atoms with E-state index in [1.807, 2.05) is 24.1 Å². The number of guanidine groups is 1. The van der Waals surface area contributed by atoms with Crippen molar-refractivity contribution in [1.29, 1.82) is 0 Å². The van der Waals surface area contributed by atoms with Gasteiger partial charge in [0, 0.05) is 40.7 Å². The molecule has 1 amide bonds. The molecule has 2 aromatic rings. The Kier molecular flexibility index (Phi) is 7.20. The lowest BCUT2D eigenvalue weighted by Crippen LogP contribution is -2.40. The molecule has 1 heterocycles. The lowest BCUT2D eigenvalue weighted by molar-refractivity contribution is -0.127. The number of hydrogen-bond donors (Lipinski definition) is 1. The average Bonchev–Trinajstić information content (AvgIpc) is 3.12. The summed E-state index contributed by atoms with van der Waals surface area (Å²) in [6.45, 7) is 1.23. The van der Waals surface area contributed by atoms with Crippen LogP contribution in [0.25, 0.3) is 0 Å². The molecule has 0 unspecified atom stereocenters. The zero-order valence-electron chi connectivity index (χ0n) is 15.4. The van der Waals surface area contributed by atoms with E-state index in [1.54, 1.807) is 32.5 Å². The van der Waals surface area contributed by atoms with Crippen LogP contribution in [0.2, 0.25) is 0 Å². The molecule has 1 aromatic heterocycles. The molecule has 2 rings (SSSR count). The zero-order chi connectivity index (χ0) is 18.9. The average molecular weight is 360 g/mol. The minimum absolute atomic E-state index is 0.0594. The third kappa shape index (κ3) is 6.23. The van der Waals surface area contributed by atoms with Gasteiger partial charge in [-0.2, -0.15) is 0 Å². The van der Waals surface area contributed by atoms with Crippen LogP contribution in [-0.4, -0.2) is 55.9 Å². The fraction of sp³-hybridized carbons (Fsp3) is 0.368. The van der Waals surface area contributed by atoms with Crippen molar-refractivity contribution < 1.29 is 13.6 Å². The largest absolute Gasteiger partial charge is 0.469 e. The Hall–Kier alpha value is -2.83. The van der Waals surface area contributed by atoms with Gasteiger partial charge in [0.25, 0.3) is 0 Å². The number of carbonyl (C=O) groups excluding carboxylic acids is 1. The third-order valence-electron chi connectivity index (χ3n) is 3.79. The highest BCUT2D eigenvalue weighted by Crippen LogP contribution is 2.06. The number of benzene rings is 1. The summed E-state index contributed by atoms with van der Waals surface area (Å²) < 4.78 is 18.4. The van der Waals surface area contributed by atoms with Crippen LogP contribution in [0.5, 0.6) is 0 Å². The lowest BCUT2D eigenvalue weighted by Gasteiger charge is -2.23. The van der Waals surface area contributed by atoms with Crippen molar-refractivity contribution in [1.82, 2.24) is 15.1 Å². The molecule has 0 spiro atoms. The minimum Gasteiger partial charge on any atom is -0.469 e. The van der Waals surface area contributed by atoms with E-state index >= 15 is 0 Å².